The lowest BCUT2D eigenvalue weighted by molar-refractivity contribution is 0.0977. The molecule has 0 saturated carbocycles. The highest BCUT2D eigenvalue weighted by Gasteiger charge is 2.06. The first-order valence-electron chi connectivity index (χ1n) is 7.41. The molecule has 0 spiro atoms. The highest BCUT2D eigenvalue weighted by Crippen LogP contribution is 2.06. The summed E-state index contributed by atoms with van der Waals surface area (Å²) < 4.78 is 0. The minimum atomic E-state index is -0.244. The maximum Gasteiger partial charge on any atom is 0.257 e. The van der Waals surface area contributed by atoms with Gasteiger partial charge in [0, 0.05) is 16.3 Å². The van der Waals surface area contributed by atoms with Crippen LogP contribution in [0.25, 0.3) is 0 Å². The Labute approximate surface area is 148 Å². The number of nitrogens with one attached hydrogen (secondary N) is 2. The van der Waals surface area contributed by atoms with Crippen LogP contribution >= 0.6 is 23.8 Å². The Kier molecular flexibility index (Phi) is 8.95. The minimum absolute atomic E-state index is 0.244. The molecule has 0 heterocycles. The van der Waals surface area contributed by atoms with Crippen molar-refractivity contribution in [2.24, 2.45) is 0 Å². The van der Waals surface area contributed by atoms with E-state index in [0.717, 1.165) is 18.5 Å². The average molecular weight is 349 g/mol. The lowest BCUT2D eigenvalue weighted by atomic mass is 10.2. The van der Waals surface area contributed by atoms with Crippen LogP contribution in [-0.2, 0) is 0 Å². The average Bonchev–Trinajstić information content (AvgIpc) is 2.54. The molecule has 1 rings (SSSR count). The number of amides is 1. The van der Waals surface area contributed by atoms with Crippen LogP contribution in [-0.4, -0.2) is 11.0 Å². The molecular weight excluding hydrogens is 328 g/mol. The summed E-state index contributed by atoms with van der Waals surface area (Å²) in [5.74, 6) is -0.244. The van der Waals surface area contributed by atoms with Gasteiger partial charge in [-0.15, -0.1) is 0 Å². The first-order valence-corrected chi connectivity index (χ1v) is 8.19. The smallest absolute Gasteiger partial charge is 0.257 e. The molecule has 3 nitrogen and oxygen atoms in total. The molecule has 1 aromatic carbocycles. The van der Waals surface area contributed by atoms with Gasteiger partial charge in [0.05, 0.1) is 0 Å². The SMILES string of the molecule is CCC/C=C/C(Cl)=C\C=C(/C)NC(=S)NC(=O)c1ccccc1. The minimum Gasteiger partial charge on any atom is -0.336 e. The van der Waals surface area contributed by atoms with Crippen molar-refractivity contribution in [3.8, 4) is 0 Å². The molecule has 0 saturated heterocycles. The largest absolute Gasteiger partial charge is 0.336 e. The molecular formula is C18H21ClN2OS. The number of carbonyl (C=O) groups excluding carboxylic acids is 1. The summed E-state index contributed by atoms with van der Waals surface area (Å²) in [4.78, 5) is 11.9. The van der Waals surface area contributed by atoms with Crippen LogP contribution in [0.2, 0.25) is 0 Å². The molecule has 23 heavy (non-hydrogen) atoms. The number of unbranched alkanes of at least 4 members (excludes halogenated alkanes) is 1. The van der Waals surface area contributed by atoms with E-state index in [4.69, 9.17) is 23.8 Å². The number of halogens is 1. The summed E-state index contributed by atoms with van der Waals surface area (Å²) in [6.07, 6.45) is 9.56. The summed E-state index contributed by atoms with van der Waals surface area (Å²) in [6, 6.07) is 8.91. The van der Waals surface area contributed by atoms with Crippen molar-refractivity contribution < 1.29 is 4.79 Å². The molecule has 122 valence electrons. The van der Waals surface area contributed by atoms with Crippen molar-refractivity contribution in [3.63, 3.8) is 0 Å². The molecule has 0 aliphatic rings. The predicted molar refractivity (Wildman–Crippen MR) is 101 cm³/mol. The van der Waals surface area contributed by atoms with E-state index >= 15 is 0 Å². The maximum absolute atomic E-state index is 11.9. The zero-order valence-corrected chi connectivity index (χ0v) is 14.9. The van der Waals surface area contributed by atoms with E-state index in [9.17, 15) is 4.79 Å². The van der Waals surface area contributed by atoms with Gasteiger partial charge in [0.25, 0.3) is 5.91 Å². The number of allylic oxidation sites excluding steroid dienone is 6. The molecule has 0 aromatic heterocycles. The fourth-order valence-corrected chi connectivity index (χ4v) is 2.05. The lowest BCUT2D eigenvalue weighted by Crippen LogP contribution is -2.38. The van der Waals surface area contributed by atoms with Crippen LogP contribution in [0.4, 0.5) is 0 Å². The van der Waals surface area contributed by atoms with Crippen LogP contribution in [0.1, 0.15) is 37.0 Å². The van der Waals surface area contributed by atoms with Gasteiger partial charge in [-0.05, 0) is 55.9 Å². The summed E-state index contributed by atoms with van der Waals surface area (Å²) >= 11 is 11.2. The van der Waals surface area contributed by atoms with Crippen molar-refractivity contribution in [1.82, 2.24) is 10.6 Å². The third kappa shape index (κ3) is 8.33. The normalized spacial score (nSPS) is 12.3. The van der Waals surface area contributed by atoms with Crippen LogP contribution in [0.3, 0.4) is 0 Å². The third-order valence-electron chi connectivity index (χ3n) is 2.80. The Hall–Kier alpha value is -1.91. The van der Waals surface area contributed by atoms with Crippen molar-refractivity contribution in [2.75, 3.05) is 0 Å². The summed E-state index contributed by atoms with van der Waals surface area (Å²) in [5.41, 5.74) is 1.34. The first-order chi connectivity index (χ1) is 11.0. The zero-order chi connectivity index (χ0) is 17.1. The Morgan fingerprint density at radius 2 is 1.91 bits per heavy atom. The zero-order valence-electron chi connectivity index (χ0n) is 13.3. The second-order valence-electron chi connectivity index (χ2n) is 4.87. The molecule has 1 aromatic rings. The molecule has 0 aliphatic heterocycles. The van der Waals surface area contributed by atoms with E-state index in [0.29, 0.717) is 10.6 Å². The van der Waals surface area contributed by atoms with Gasteiger partial charge in [0.1, 0.15) is 0 Å². The van der Waals surface area contributed by atoms with Crippen LogP contribution in [0, 0.1) is 0 Å². The Bertz CT molecular complexity index is 621. The van der Waals surface area contributed by atoms with E-state index in [2.05, 4.69) is 17.6 Å². The molecule has 0 radical (unpaired) electrons. The highest BCUT2D eigenvalue weighted by atomic mass is 35.5. The number of hydrogen-bond donors (Lipinski definition) is 2. The van der Waals surface area contributed by atoms with E-state index < -0.39 is 0 Å². The van der Waals surface area contributed by atoms with Crippen LogP contribution in [0.5, 0.6) is 0 Å². The highest BCUT2D eigenvalue weighted by molar-refractivity contribution is 7.80. The molecule has 5 heteroatoms. The topological polar surface area (TPSA) is 41.1 Å². The first kappa shape index (κ1) is 19.1. The molecule has 0 bridgehead atoms. The van der Waals surface area contributed by atoms with Crippen molar-refractivity contribution in [3.05, 3.63) is 70.9 Å². The molecule has 0 atom stereocenters. The Balaban J connectivity index is 2.51. The van der Waals surface area contributed by atoms with Gasteiger partial charge in [-0.1, -0.05) is 49.2 Å². The second-order valence-corrected chi connectivity index (χ2v) is 5.71. The molecule has 0 fully saturated rings. The number of carbonyl (C=O) groups is 1. The van der Waals surface area contributed by atoms with Gasteiger partial charge < -0.3 is 5.32 Å². The Morgan fingerprint density at radius 3 is 2.57 bits per heavy atom. The number of hydrogen-bond acceptors (Lipinski definition) is 2. The van der Waals surface area contributed by atoms with E-state index in [1.807, 2.05) is 25.1 Å². The third-order valence-corrected chi connectivity index (χ3v) is 3.25. The van der Waals surface area contributed by atoms with Gasteiger partial charge >= 0.3 is 0 Å². The van der Waals surface area contributed by atoms with Gasteiger partial charge in [-0.25, -0.2) is 0 Å². The van der Waals surface area contributed by atoms with Crippen molar-refractivity contribution in [1.29, 1.82) is 0 Å². The fraction of sp³-hybridized carbons (Fsp3) is 0.222. The van der Waals surface area contributed by atoms with Gasteiger partial charge in [0.2, 0.25) is 0 Å². The van der Waals surface area contributed by atoms with Crippen LogP contribution < -0.4 is 10.6 Å². The van der Waals surface area contributed by atoms with E-state index in [1.165, 1.54) is 0 Å². The number of benzene rings is 1. The second kappa shape index (κ2) is 10.8. The van der Waals surface area contributed by atoms with Gasteiger partial charge in [0.15, 0.2) is 5.11 Å². The Morgan fingerprint density at radius 1 is 1.22 bits per heavy atom. The molecule has 1 amide bonds. The standard InChI is InChI=1S/C18H21ClN2OS/c1-3-4-6-11-16(19)13-12-14(2)20-18(23)21-17(22)15-9-7-5-8-10-15/h5-13H,3-4H2,1-2H3,(H2,20,21,22,23)/b11-6+,14-12+,16-13+. The molecule has 2 N–H and O–H groups in total. The molecule has 0 unspecified atom stereocenters. The summed E-state index contributed by atoms with van der Waals surface area (Å²) in [5, 5.41) is 6.45. The number of thiocarbonyl (C=S) groups is 1. The lowest BCUT2D eigenvalue weighted by Gasteiger charge is -2.09. The predicted octanol–water partition coefficient (Wildman–Crippen LogP) is 4.67. The maximum atomic E-state index is 11.9. The quantitative estimate of drug-likeness (QED) is 0.579. The van der Waals surface area contributed by atoms with Crippen molar-refractivity contribution in [2.45, 2.75) is 26.7 Å². The van der Waals surface area contributed by atoms with E-state index in [-0.39, 0.29) is 11.0 Å². The van der Waals surface area contributed by atoms with Gasteiger partial charge in [-0.3, -0.25) is 10.1 Å². The monoisotopic (exact) mass is 348 g/mol. The van der Waals surface area contributed by atoms with E-state index in [1.54, 1.807) is 36.4 Å². The molecule has 0 aliphatic carbocycles. The fourth-order valence-electron chi connectivity index (χ4n) is 1.64. The van der Waals surface area contributed by atoms with Crippen molar-refractivity contribution >= 4 is 34.8 Å². The summed E-state index contributed by atoms with van der Waals surface area (Å²) in [6.45, 7) is 3.96. The summed E-state index contributed by atoms with van der Waals surface area (Å²) in [7, 11) is 0. The number of rotatable bonds is 6. The van der Waals surface area contributed by atoms with Gasteiger partial charge in [-0.2, -0.15) is 0 Å². The van der Waals surface area contributed by atoms with Crippen LogP contribution in [0.15, 0.2) is 65.4 Å².